The Morgan fingerprint density at radius 1 is 1.25 bits per heavy atom. The summed E-state index contributed by atoms with van der Waals surface area (Å²) in [5, 5.41) is 3.49. The van der Waals surface area contributed by atoms with E-state index < -0.39 is 0 Å². The van der Waals surface area contributed by atoms with Crippen LogP contribution >= 0.6 is 0 Å². The molecule has 3 fully saturated rings. The summed E-state index contributed by atoms with van der Waals surface area (Å²) in [4.78, 5) is 19.6. The van der Waals surface area contributed by atoms with Crippen molar-refractivity contribution in [3.63, 3.8) is 0 Å². The van der Waals surface area contributed by atoms with Gasteiger partial charge in [-0.05, 0) is 31.4 Å². The standard InChI is InChI=1S/C19H27N3O2/c23-18(19-9-3-1-5-15(19)13-20-14-19)22-11-7-16(8-12-22)24-17-6-2-4-10-21-17/h2,4,6,10,15-16,20H,1,3,5,7-9,11-14H2/t15-,19+/m0/s1. The molecule has 24 heavy (non-hydrogen) atoms. The van der Waals surface area contributed by atoms with Crippen molar-refractivity contribution in [3.8, 4) is 5.88 Å². The number of piperidine rings is 1. The lowest BCUT2D eigenvalue weighted by Crippen LogP contribution is -2.52. The Balaban J connectivity index is 1.36. The summed E-state index contributed by atoms with van der Waals surface area (Å²) in [6, 6.07) is 5.73. The minimum Gasteiger partial charge on any atom is -0.474 e. The van der Waals surface area contributed by atoms with Gasteiger partial charge in [0.25, 0.3) is 0 Å². The molecule has 4 rings (SSSR count). The molecule has 2 saturated heterocycles. The van der Waals surface area contributed by atoms with E-state index in [1.165, 1.54) is 19.3 Å². The van der Waals surface area contributed by atoms with Gasteiger partial charge in [0.2, 0.25) is 11.8 Å². The van der Waals surface area contributed by atoms with E-state index in [1.54, 1.807) is 6.20 Å². The number of fused-ring (bicyclic) bond motifs is 1. The summed E-state index contributed by atoms with van der Waals surface area (Å²) in [6.07, 6.45) is 8.47. The first kappa shape index (κ1) is 15.9. The molecule has 0 radical (unpaired) electrons. The van der Waals surface area contributed by atoms with Gasteiger partial charge in [-0.1, -0.05) is 18.9 Å². The predicted octanol–water partition coefficient (Wildman–Crippen LogP) is 2.23. The Kier molecular flexibility index (Phi) is 4.44. The van der Waals surface area contributed by atoms with Gasteiger partial charge < -0.3 is 15.0 Å². The molecule has 1 N–H and O–H groups in total. The van der Waals surface area contributed by atoms with Crippen molar-refractivity contribution < 1.29 is 9.53 Å². The molecule has 0 unspecified atom stereocenters. The van der Waals surface area contributed by atoms with Crippen LogP contribution in [0.4, 0.5) is 0 Å². The fraction of sp³-hybridized carbons (Fsp3) is 0.684. The highest BCUT2D eigenvalue weighted by Gasteiger charge is 2.51. The number of pyridine rings is 1. The molecule has 130 valence electrons. The quantitative estimate of drug-likeness (QED) is 0.924. The van der Waals surface area contributed by atoms with Crippen LogP contribution in [-0.4, -0.2) is 48.1 Å². The number of rotatable bonds is 3. The van der Waals surface area contributed by atoms with E-state index in [0.717, 1.165) is 45.4 Å². The van der Waals surface area contributed by atoms with Crippen LogP contribution in [0.2, 0.25) is 0 Å². The summed E-state index contributed by atoms with van der Waals surface area (Å²) in [7, 11) is 0. The van der Waals surface area contributed by atoms with E-state index >= 15 is 0 Å². The lowest BCUT2D eigenvalue weighted by atomic mass is 9.67. The van der Waals surface area contributed by atoms with Crippen LogP contribution in [0.5, 0.6) is 5.88 Å². The fourth-order valence-electron chi connectivity index (χ4n) is 4.75. The molecule has 2 atom stereocenters. The maximum Gasteiger partial charge on any atom is 0.230 e. The van der Waals surface area contributed by atoms with Crippen LogP contribution in [-0.2, 0) is 4.79 Å². The van der Waals surface area contributed by atoms with Gasteiger partial charge in [0.1, 0.15) is 6.10 Å². The molecule has 1 amide bonds. The van der Waals surface area contributed by atoms with Gasteiger partial charge in [-0.25, -0.2) is 4.98 Å². The first-order chi connectivity index (χ1) is 11.8. The largest absolute Gasteiger partial charge is 0.474 e. The molecule has 0 bridgehead atoms. The summed E-state index contributed by atoms with van der Waals surface area (Å²) in [5.74, 6) is 1.63. The smallest absolute Gasteiger partial charge is 0.230 e. The van der Waals surface area contributed by atoms with E-state index in [4.69, 9.17) is 4.74 Å². The lowest BCUT2D eigenvalue weighted by molar-refractivity contribution is -0.147. The Morgan fingerprint density at radius 3 is 2.92 bits per heavy atom. The number of ether oxygens (including phenoxy) is 1. The van der Waals surface area contributed by atoms with Gasteiger partial charge in [0.05, 0.1) is 5.41 Å². The number of amides is 1. The van der Waals surface area contributed by atoms with Gasteiger partial charge in [-0.2, -0.15) is 0 Å². The lowest BCUT2D eigenvalue weighted by Gasteiger charge is -2.42. The normalized spacial score (nSPS) is 30.8. The van der Waals surface area contributed by atoms with Gasteiger partial charge in [0, 0.05) is 44.7 Å². The molecule has 1 aromatic rings. The number of likely N-dealkylation sites (tertiary alicyclic amines) is 1. The Hall–Kier alpha value is -1.62. The molecule has 0 aromatic carbocycles. The monoisotopic (exact) mass is 329 g/mol. The second-order valence-electron chi connectivity index (χ2n) is 7.51. The zero-order valence-electron chi connectivity index (χ0n) is 14.2. The third kappa shape index (κ3) is 2.90. The van der Waals surface area contributed by atoms with E-state index in [9.17, 15) is 4.79 Å². The van der Waals surface area contributed by atoms with Gasteiger partial charge in [-0.3, -0.25) is 4.79 Å². The minimum atomic E-state index is -0.118. The number of nitrogens with zero attached hydrogens (tertiary/aromatic N) is 2. The Morgan fingerprint density at radius 2 is 2.12 bits per heavy atom. The molecule has 1 aliphatic carbocycles. The van der Waals surface area contributed by atoms with Crippen molar-refractivity contribution in [2.75, 3.05) is 26.2 Å². The van der Waals surface area contributed by atoms with E-state index in [1.807, 2.05) is 18.2 Å². The molecule has 1 aromatic heterocycles. The summed E-state index contributed by atoms with van der Waals surface area (Å²) in [5.41, 5.74) is -0.118. The number of aromatic nitrogens is 1. The molecule has 1 saturated carbocycles. The molecular weight excluding hydrogens is 302 g/mol. The Bertz CT molecular complexity index is 571. The van der Waals surface area contributed by atoms with E-state index in [0.29, 0.717) is 17.7 Å². The highest BCUT2D eigenvalue weighted by molar-refractivity contribution is 5.84. The van der Waals surface area contributed by atoms with Crippen molar-refractivity contribution in [1.29, 1.82) is 0 Å². The van der Waals surface area contributed by atoms with Crippen LogP contribution < -0.4 is 10.1 Å². The second-order valence-corrected chi connectivity index (χ2v) is 7.51. The number of nitrogens with one attached hydrogen (secondary N) is 1. The van der Waals surface area contributed by atoms with Crippen LogP contribution in [0.25, 0.3) is 0 Å². The average molecular weight is 329 g/mol. The van der Waals surface area contributed by atoms with E-state index in [2.05, 4.69) is 15.2 Å². The van der Waals surface area contributed by atoms with Crippen molar-refractivity contribution in [2.45, 2.75) is 44.6 Å². The summed E-state index contributed by atoms with van der Waals surface area (Å²) >= 11 is 0. The number of hydrogen-bond acceptors (Lipinski definition) is 4. The summed E-state index contributed by atoms with van der Waals surface area (Å²) in [6.45, 7) is 3.52. The fourth-order valence-corrected chi connectivity index (χ4v) is 4.75. The van der Waals surface area contributed by atoms with E-state index in [-0.39, 0.29) is 11.5 Å². The van der Waals surface area contributed by atoms with Crippen LogP contribution in [0, 0.1) is 11.3 Å². The first-order valence-electron chi connectivity index (χ1n) is 9.36. The number of hydrogen-bond donors (Lipinski definition) is 1. The summed E-state index contributed by atoms with van der Waals surface area (Å²) < 4.78 is 5.95. The highest BCUT2D eigenvalue weighted by Crippen LogP contribution is 2.45. The molecule has 3 aliphatic rings. The minimum absolute atomic E-state index is 0.118. The maximum absolute atomic E-state index is 13.3. The second kappa shape index (κ2) is 6.71. The molecule has 0 spiro atoms. The SMILES string of the molecule is O=C(N1CCC(Oc2ccccn2)CC1)[C@@]12CCCC[C@H]1CNC2. The van der Waals surface area contributed by atoms with Crippen molar-refractivity contribution in [1.82, 2.24) is 15.2 Å². The van der Waals surface area contributed by atoms with Gasteiger partial charge >= 0.3 is 0 Å². The average Bonchev–Trinajstić information content (AvgIpc) is 3.08. The topological polar surface area (TPSA) is 54.5 Å². The molecule has 5 heteroatoms. The van der Waals surface area contributed by atoms with Crippen LogP contribution in [0.3, 0.4) is 0 Å². The van der Waals surface area contributed by atoms with Crippen LogP contribution in [0.1, 0.15) is 38.5 Å². The highest BCUT2D eigenvalue weighted by atomic mass is 16.5. The van der Waals surface area contributed by atoms with Crippen LogP contribution in [0.15, 0.2) is 24.4 Å². The molecule has 2 aliphatic heterocycles. The number of carbonyl (C=O) groups is 1. The number of carbonyl (C=O) groups excluding carboxylic acids is 1. The third-order valence-corrected chi connectivity index (χ3v) is 6.12. The molecule has 5 nitrogen and oxygen atoms in total. The zero-order chi connectivity index (χ0) is 16.4. The van der Waals surface area contributed by atoms with Crippen molar-refractivity contribution in [2.24, 2.45) is 11.3 Å². The predicted molar refractivity (Wildman–Crippen MR) is 91.7 cm³/mol. The molecular formula is C19H27N3O2. The maximum atomic E-state index is 13.3. The Labute approximate surface area is 143 Å². The zero-order valence-corrected chi connectivity index (χ0v) is 14.2. The molecule has 3 heterocycles. The first-order valence-corrected chi connectivity index (χ1v) is 9.36. The third-order valence-electron chi connectivity index (χ3n) is 6.12. The van der Waals surface area contributed by atoms with Gasteiger partial charge in [-0.15, -0.1) is 0 Å². The van der Waals surface area contributed by atoms with Crippen molar-refractivity contribution in [3.05, 3.63) is 24.4 Å². The van der Waals surface area contributed by atoms with Gasteiger partial charge in [0.15, 0.2) is 0 Å². The van der Waals surface area contributed by atoms with Crippen molar-refractivity contribution >= 4 is 5.91 Å².